The van der Waals surface area contributed by atoms with E-state index in [9.17, 15) is 9.59 Å². The average Bonchev–Trinajstić information content (AvgIpc) is 2.68. The summed E-state index contributed by atoms with van der Waals surface area (Å²) in [5.74, 6) is 0.0617. The van der Waals surface area contributed by atoms with Gasteiger partial charge in [0.25, 0.3) is 5.91 Å². The van der Waals surface area contributed by atoms with Gasteiger partial charge in [-0.3, -0.25) is 9.59 Å². The lowest BCUT2D eigenvalue weighted by Gasteiger charge is -2.32. The molecule has 1 aliphatic rings. The second-order valence-electron chi connectivity index (χ2n) is 6.77. The fraction of sp³-hybridized carbons (Fsp3) is 0.333. The molecule has 0 bridgehead atoms. The predicted octanol–water partition coefficient (Wildman–Crippen LogP) is 4.35. The smallest absolute Gasteiger partial charge is 0.253 e. The largest absolute Gasteiger partial charge is 0.353 e. The molecule has 0 atom stereocenters. The lowest BCUT2D eigenvalue weighted by atomic mass is 10.0. The Kier molecular flexibility index (Phi) is 6.75. The van der Waals surface area contributed by atoms with Gasteiger partial charge in [-0.05, 0) is 61.2 Å². The molecule has 0 aliphatic carbocycles. The third-order valence-corrected chi connectivity index (χ3v) is 5.30. The lowest BCUT2D eigenvalue weighted by molar-refractivity contribution is -0.122. The summed E-state index contributed by atoms with van der Waals surface area (Å²) in [6.07, 6.45) is 2.68. The van der Waals surface area contributed by atoms with Gasteiger partial charge in [-0.25, -0.2) is 0 Å². The normalized spacial score (nSPS) is 14.8. The van der Waals surface area contributed by atoms with Crippen molar-refractivity contribution < 1.29 is 9.59 Å². The number of likely N-dealkylation sites (tertiary alicyclic amines) is 1. The molecule has 1 N–H and O–H groups in total. The van der Waals surface area contributed by atoms with E-state index in [-0.39, 0.29) is 17.9 Å². The Bertz CT molecular complexity index is 783. The van der Waals surface area contributed by atoms with E-state index >= 15 is 0 Å². The van der Waals surface area contributed by atoms with Gasteiger partial charge in [-0.1, -0.05) is 35.3 Å². The number of hydrogen-bond donors (Lipinski definition) is 1. The maximum atomic E-state index is 12.5. The molecule has 1 aliphatic heterocycles. The average molecular weight is 405 g/mol. The quantitative estimate of drug-likeness (QED) is 0.804. The van der Waals surface area contributed by atoms with Crippen molar-refractivity contribution >= 4 is 35.0 Å². The highest BCUT2D eigenvalue weighted by Crippen LogP contribution is 2.16. The minimum absolute atomic E-state index is 0.0131. The molecule has 0 unspecified atom stereocenters. The third kappa shape index (κ3) is 5.72. The molecular weight excluding hydrogens is 383 g/mol. The van der Waals surface area contributed by atoms with Gasteiger partial charge in [-0.2, -0.15) is 0 Å². The summed E-state index contributed by atoms with van der Waals surface area (Å²) in [5, 5.41) is 4.40. The fourth-order valence-corrected chi connectivity index (χ4v) is 3.46. The van der Waals surface area contributed by atoms with Gasteiger partial charge in [0.05, 0.1) is 0 Å². The number of nitrogens with one attached hydrogen (secondary N) is 1. The van der Waals surface area contributed by atoms with Gasteiger partial charge in [0.15, 0.2) is 0 Å². The van der Waals surface area contributed by atoms with Crippen LogP contribution in [0.25, 0.3) is 0 Å². The van der Waals surface area contributed by atoms with Crippen molar-refractivity contribution in [3.05, 3.63) is 69.7 Å². The summed E-state index contributed by atoms with van der Waals surface area (Å²) in [7, 11) is 0. The number of aryl methyl sites for hydroxylation is 1. The van der Waals surface area contributed by atoms with Crippen LogP contribution in [0.5, 0.6) is 0 Å². The standard InChI is InChI=1S/C21H22Cl2N2O2/c22-17-6-1-15(2-7-17)3-10-20(26)24-19-11-13-25(14-12-19)21(27)16-4-8-18(23)9-5-16/h1-2,4-9,19H,3,10-14H2,(H,24,26). The zero-order valence-electron chi connectivity index (χ0n) is 15.0. The molecule has 0 aromatic heterocycles. The minimum atomic E-state index is 0.0131. The Morgan fingerprint density at radius 2 is 1.48 bits per heavy atom. The first-order valence-electron chi connectivity index (χ1n) is 9.10. The SMILES string of the molecule is O=C(CCc1ccc(Cl)cc1)NC1CCN(C(=O)c2ccc(Cl)cc2)CC1. The van der Waals surface area contributed by atoms with E-state index in [1.807, 2.05) is 29.2 Å². The molecule has 2 aromatic rings. The zero-order chi connectivity index (χ0) is 19.2. The zero-order valence-corrected chi connectivity index (χ0v) is 16.5. The Hall–Kier alpha value is -2.04. The van der Waals surface area contributed by atoms with Crippen molar-refractivity contribution in [3.63, 3.8) is 0 Å². The molecule has 1 saturated heterocycles. The Morgan fingerprint density at radius 1 is 0.926 bits per heavy atom. The molecule has 1 heterocycles. The van der Waals surface area contributed by atoms with Gasteiger partial charge in [0.2, 0.25) is 5.91 Å². The van der Waals surface area contributed by atoms with Crippen LogP contribution in [-0.2, 0) is 11.2 Å². The third-order valence-electron chi connectivity index (χ3n) is 4.79. The van der Waals surface area contributed by atoms with Gasteiger partial charge in [0, 0.05) is 41.2 Å². The first-order chi connectivity index (χ1) is 13.0. The second kappa shape index (κ2) is 9.25. The summed E-state index contributed by atoms with van der Waals surface area (Å²) in [5.41, 5.74) is 1.74. The van der Waals surface area contributed by atoms with Crippen LogP contribution in [0.3, 0.4) is 0 Å². The van der Waals surface area contributed by atoms with Crippen molar-refractivity contribution in [2.24, 2.45) is 0 Å². The van der Waals surface area contributed by atoms with Gasteiger partial charge >= 0.3 is 0 Å². The monoisotopic (exact) mass is 404 g/mol. The van der Waals surface area contributed by atoms with Gasteiger partial charge in [0.1, 0.15) is 0 Å². The summed E-state index contributed by atoms with van der Waals surface area (Å²) in [6, 6.07) is 14.6. The number of rotatable bonds is 5. The molecule has 0 radical (unpaired) electrons. The van der Waals surface area contributed by atoms with Crippen molar-refractivity contribution in [3.8, 4) is 0 Å². The number of piperidine rings is 1. The van der Waals surface area contributed by atoms with E-state index in [0.717, 1.165) is 18.4 Å². The predicted molar refractivity (Wildman–Crippen MR) is 108 cm³/mol. The summed E-state index contributed by atoms with van der Waals surface area (Å²) in [6.45, 7) is 1.28. The molecule has 0 spiro atoms. The Balaban J connectivity index is 1.42. The molecule has 2 amide bonds. The lowest BCUT2D eigenvalue weighted by Crippen LogP contribution is -2.46. The van der Waals surface area contributed by atoms with E-state index in [4.69, 9.17) is 23.2 Å². The van der Waals surface area contributed by atoms with Crippen LogP contribution < -0.4 is 5.32 Å². The van der Waals surface area contributed by atoms with E-state index in [1.54, 1.807) is 24.3 Å². The summed E-state index contributed by atoms with van der Waals surface area (Å²) >= 11 is 11.7. The molecule has 4 nitrogen and oxygen atoms in total. The number of nitrogens with zero attached hydrogens (tertiary/aromatic N) is 1. The van der Waals surface area contributed by atoms with Crippen molar-refractivity contribution in [2.75, 3.05) is 13.1 Å². The number of carbonyl (C=O) groups excluding carboxylic acids is 2. The topological polar surface area (TPSA) is 49.4 Å². The van der Waals surface area contributed by atoms with Crippen LogP contribution in [0.4, 0.5) is 0 Å². The second-order valence-corrected chi connectivity index (χ2v) is 7.64. The van der Waals surface area contributed by atoms with Crippen LogP contribution in [0, 0.1) is 0 Å². The van der Waals surface area contributed by atoms with Crippen LogP contribution in [0.15, 0.2) is 48.5 Å². The van der Waals surface area contributed by atoms with Crippen LogP contribution in [0.2, 0.25) is 10.0 Å². The summed E-state index contributed by atoms with van der Waals surface area (Å²) < 4.78 is 0. The molecular formula is C21H22Cl2N2O2. The Morgan fingerprint density at radius 3 is 2.07 bits per heavy atom. The number of amides is 2. The van der Waals surface area contributed by atoms with Crippen LogP contribution in [0.1, 0.15) is 35.2 Å². The highest BCUT2D eigenvalue weighted by molar-refractivity contribution is 6.30. The van der Waals surface area contributed by atoms with Crippen LogP contribution >= 0.6 is 23.2 Å². The highest BCUT2D eigenvalue weighted by Gasteiger charge is 2.24. The maximum Gasteiger partial charge on any atom is 0.253 e. The molecule has 3 rings (SSSR count). The number of benzene rings is 2. The fourth-order valence-electron chi connectivity index (χ4n) is 3.21. The molecule has 0 saturated carbocycles. The molecule has 1 fully saturated rings. The molecule has 2 aromatic carbocycles. The van der Waals surface area contributed by atoms with Crippen molar-refractivity contribution in [1.29, 1.82) is 0 Å². The molecule has 6 heteroatoms. The number of halogens is 2. The van der Waals surface area contributed by atoms with E-state index < -0.39 is 0 Å². The highest BCUT2D eigenvalue weighted by atomic mass is 35.5. The number of hydrogen-bond acceptors (Lipinski definition) is 2. The molecule has 27 heavy (non-hydrogen) atoms. The van der Waals surface area contributed by atoms with Crippen molar-refractivity contribution in [2.45, 2.75) is 31.7 Å². The minimum Gasteiger partial charge on any atom is -0.353 e. The first kappa shape index (κ1) is 19.7. The van der Waals surface area contributed by atoms with Crippen LogP contribution in [-0.4, -0.2) is 35.8 Å². The van der Waals surface area contributed by atoms with Crippen molar-refractivity contribution in [1.82, 2.24) is 10.2 Å². The van der Waals surface area contributed by atoms with E-state index in [1.165, 1.54) is 0 Å². The summed E-state index contributed by atoms with van der Waals surface area (Å²) in [4.78, 5) is 26.5. The first-order valence-corrected chi connectivity index (χ1v) is 9.85. The number of carbonyl (C=O) groups is 2. The molecule has 142 valence electrons. The van der Waals surface area contributed by atoms with E-state index in [0.29, 0.717) is 41.5 Å². The van der Waals surface area contributed by atoms with Gasteiger partial charge < -0.3 is 10.2 Å². The van der Waals surface area contributed by atoms with E-state index in [2.05, 4.69) is 5.32 Å². The van der Waals surface area contributed by atoms with Gasteiger partial charge in [-0.15, -0.1) is 0 Å². The maximum absolute atomic E-state index is 12.5. The Labute approximate surface area is 169 Å².